The number of terminal acetylenes is 1. The zero-order chi connectivity index (χ0) is 14.7. The van der Waals surface area contributed by atoms with Crippen molar-refractivity contribution in [2.45, 2.75) is 0 Å². The summed E-state index contributed by atoms with van der Waals surface area (Å²) < 4.78 is 5.21. The normalized spacial score (nSPS) is 15.8. The molecule has 0 spiro atoms. The number of carbonyl (C=O) groups excluding carboxylic acids is 2. The maximum Gasteiger partial charge on any atom is 0.326 e. The van der Waals surface area contributed by atoms with Gasteiger partial charge in [0, 0.05) is 0 Å². The number of carbonyl (C=O) groups is 2. The van der Waals surface area contributed by atoms with Crippen LogP contribution in [0.25, 0.3) is 6.08 Å². The molecule has 0 aliphatic carbocycles. The number of ether oxygens (including phenoxy) is 1. The van der Waals surface area contributed by atoms with Crippen LogP contribution < -0.4 is 15.4 Å². The molecule has 0 saturated carbocycles. The highest BCUT2D eigenvalue weighted by Crippen LogP contribution is 2.34. The lowest BCUT2D eigenvalue weighted by Gasteiger charge is -2.08. The highest BCUT2D eigenvalue weighted by molar-refractivity contribution is 6.37. The van der Waals surface area contributed by atoms with E-state index in [4.69, 9.17) is 34.4 Å². The van der Waals surface area contributed by atoms with E-state index in [9.17, 15) is 9.59 Å². The van der Waals surface area contributed by atoms with Gasteiger partial charge >= 0.3 is 6.03 Å². The molecule has 0 atom stereocenters. The molecule has 7 heteroatoms. The van der Waals surface area contributed by atoms with Crippen molar-refractivity contribution in [3.8, 4) is 18.1 Å². The molecule has 2 rings (SSSR count). The van der Waals surface area contributed by atoms with Crippen LogP contribution in [0.3, 0.4) is 0 Å². The first-order valence-electron chi connectivity index (χ1n) is 5.40. The summed E-state index contributed by atoms with van der Waals surface area (Å²) in [6.07, 6.45) is 6.54. The van der Waals surface area contributed by atoms with E-state index in [-0.39, 0.29) is 28.1 Å². The number of benzene rings is 1. The molecular weight excluding hydrogens is 303 g/mol. The molecule has 2 N–H and O–H groups in total. The second kappa shape index (κ2) is 5.87. The van der Waals surface area contributed by atoms with Gasteiger partial charge < -0.3 is 10.1 Å². The Morgan fingerprint density at radius 3 is 2.40 bits per heavy atom. The van der Waals surface area contributed by atoms with Crippen LogP contribution in [0.15, 0.2) is 17.8 Å². The Morgan fingerprint density at radius 2 is 1.90 bits per heavy atom. The lowest BCUT2D eigenvalue weighted by molar-refractivity contribution is -0.115. The molecule has 20 heavy (non-hydrogen) atoms. The molecule has 1 aliphatic heterocycles. The van der Waals surface area contributed by atoms with Gasteiger partial charge in [0.1, 0.15) is 12.3 Å². The van der Waals surface area contributed by atoms with Crippen LogP contribution in [-0.2, 0) is 4.79 Å². The maximum atomic E-state index is 11.4. The summed E-state index contributed by atoms with van der Waals surface area (Å²) in [4.78, 5) is 22.4. The summed E-state index contributed by atoms with van der Waals surface area (Å²) in [5, 5.41) is 4.95. The predicted molar refractivity (Wildman–Crippen MR) is 75.4 cm³/mol. The van der Waals surface area contributed by atoms with E-state index in [0.717, 1.165) is 0 Å². The Kier molecular flexibility index (Phi) is 4.18. The van der Waals surface area contributed by atoms with E-state index in [1.165, 1.54) is 6.08 Å². The number of rotatable bonds is 3. The lowest BCUT2D eigenvalue weighted by atomic mass is 10.2. The first-order valence-corrected chi connectivity index (χ1v) is 6.16. The Bertz CT molecular complexity index is 639. The molecule has 0 radical (unpaired) electrons. The molecule has 1 aromatic carbocycles. The first-order chi connectivity index (χ1) is 9.51. The fourth-order valence-corrected chi connectivity index (χ4v) is 2.18. The minimum Gasteiger partial charge on any atom is -0.478 e. The van der Waals surface area contributed by atoms with Gasteiger partial charge in [-0.2, -0.15) is 0 Å². The van der Waals surface area contributed by atoms with E-state index < -0.39 is 11.9 Å². The number of halogens is 2. The van der Waals surface area contributed by atoms with Gasteiger partial charge in [0.2, 0.25) is 0 Å². The van der Waals surface area contributed by atoms with Crippen molar-refractivity contribution in [2.75, 3.05) is 6.61 Å². The highest BCUT2D eigenvalue weighted by Gasteiger charge is 2.23. The van der Waals surface area contributed by atoms with Crippen molar-refractivity contribution in [3.63, 3.8) is 0 Å². The summed E-state index contributed by atoms with van der Waals surface area (Å²) in [7, 11) is 0. The van der Waals surface area contributed by atoms with Crippen molar-refractivity contribution >= 4 is 41.2 Å². The largest absolute Gasteiger partial charge is 0.478 e. The van der Waals surface area contributed by atoms with E-state index in [1.807, 2.05) is 0 Å². The fraction of sp³-hybridized carbons (Fsp3) is 0.0769. The van der Waals surface area contributed by atoms with Gasteiger partial charge in [-0.25, -0.2) is 4.79 Å². The van der Waals surface area contributed by atoms with E-state index >= 15 is 0 Å². The zero-order valence-electron chi connectivity index (χ0n) is 10.00. The summed E-state index contributed by atoms with van der Waals surface area (Å²) in [5.41, 5.74) is 0.653. The molecule has 0 bridgehead atoms. The van der Waals surface area contributed by atoms with Crippen molar-refractivity contribution in [1.82, 2.24) is 10.6 Å². The third kappa shape index (κ3) is 3.05. The summed E-state index contributed by atoms with van der Waals surface area (Å²) in [6, 6.07) is 2.51. The van der Waals surface area contributed by atoms with Gasteiger partial charge in [-0.3, -0.25) is 10.1 Å². The molecule has 1 aromatic rings. The second-order valence-electron chi connectivity index (χ2n) is 3.77. The SMILES string of the molecule is C#CCOc1c(Cl)cc(/C=C2\NC(=O)NC2=O)cc1Cl. The van der Waals surface area contributed by atoms with Crippen LogP contribution in [0, 0.1) is 12.3 Å². The average molecular weight is 311 g/mol. The topological polar surface area (TPSA) is 67.4 Å². The van der Waals surface area contributed by atoms with Gasteiger partial charge in [0.05, 0.1) is 10.0 Å². The fourth-order valence-electron chi connectivity index (χ4n) is 1.56. The maximum absolute atomic E-state index is 11.4. The van der Waals surface area contributed by atoms with E-state index in [0.29, 0.717) is 5.56 Å². The minimum atomic E-state index is -0.576. The number of imide groups is 1. The van der Waals surface area contributed by atoms with Gasteiger partial charge in [0.15, 0.2) is 5.75 Å². The number of nitrogens with one attached hydrogen (secondary N) is 2. The Hall–Kier alpha value is -2.16. The van der Waals surface area contributed by atoms with Crippen molar-refractivity contribution in [2.24, 2.45) is 0 Å². The zero-order valence-corrected chi connectivity index (χ0v) is 11.5. The highest BCUT2D eigenvalue weighted by atomic mass is 35.5. The van der Waals surface area contributed by atoms with Crippen LogP contribution in [0.5, 0.6) is 5.75 Å². The van der Waals surface area contributed by atoms with Crippen LogP contribution in [0.1, 0.15) is 5.56 Å². The molecule has 5 nitrogen and oxygen atoms in total. The quantitative estimate of drug-likeness (QED) is 0.511. The van der Waals surface area contributed by atoms with Gasteiger partial charge in [-0.15, -0.1) is 6.42 Å². The van der Waals surface area contributed by atoms with Crippen molar-refractivity contribution < 1.29 is 14.3 Å². The van der Waals surface area contributed by atoms with Gasteiger partial charge in [0.25, 0.3) is 5.91 Å². The van der Waals surface area contributed by atoms with Crippen LogP contribution >= 0.6 is 23.2 Å². The van der Waals surface area contributed by atoms with Gasteiger partial charge in [-0.1, -0.05) is 29.1 Å². The molecule has 1 heterocycles. The van der Waals surface area contributed by atoms with E-state index in [1.54, 1.807) is 12.1 Å². The summed E-state index contributed by atoms with van der Waals surface area (Å²) in [6.45, 7) is 0.0400. The van der Waals surface area contributed by atoms with Crippen molar-refractivity contribution in [1.29, 1.82) is 0 Å². The summed E-state index contributed by atoms with van der Waals surface area (Å²) in [5.74, 6) is 2.06. The third-order valence-electron chi connectivity index (χ3n) is 2.35. The smallest absolute Gasteiger partial charge is 0.326 e. The first kappa shape index (κ1) is 14.3. The monoisotopic (exact) mass is 310 g/mol. The number of amides is 3. The molecule has 1 aliphatic rings. The average Bonchev–Trinajstić information content (AvgIpc) is 2.67. The molecule has 0 unspecified atom stereocenters. The van der Waals surface area contributed by atoms with Crippen LogP contribution in [0.2, 0.25) is 10.0 Å². The number of urea groups is 1. The minimum absolute atomic E-state index is 0.0400. The number of hydrogen-bond donors (Lipinski definition) is 2. The number of hydrogen-bond acceptors (Lipinski definition) is 3. The summed E-state index contributed by atoms with van der Waals surface area (Å²) >= 11 is 12.1. The Morgan fingerprint density at radius 1 is 1.25 bits per heavy atom. The van der Waals surface area contributed by atoms with Crippen LogP contribution in [0.4, 0.5) is 4.79 Å². The predicted octanol–water partition coefficient (Wildman–Crippen LogP) is 2.19. The lowest BCUT2D eigenvalue weighted by Crippen LogP contribution is -2.22. The van der Waals surface area contributed by atoms with Crippen molar-refractivity contribution in [3.05, 3.63) is 33.4 Å². The molecule has 1 saturated heterocycles. The third-order valence-corrected chi connectivity index (χ3v) is 2.91. The Labute approximate surface area is 124 Å². The molecule has 102 valence electrons. The van der Waals surface area contributed by atoms with E-state index in [2.05, 4.69) is 16.6 Å². The van der Waals surface area contributed by atoms with Crippen LogP contribution in [-0.4, -0.2) is 18.5 Å². The Balaban J connectivity index is 2.31. The molecule has 1 fully saturated rings. The standard InChI is InChI=1S/C13H8Cl2N2O3/c1-2-3-20-11-8(14)4-7(5-9(11)15)6-10-12(18)17-13(19)16-10/h1,4-6H,3H2,(H2,16,17,18,19)/b10-6-. The molecule has 3 amide bonds. The second-order valence-corrected chi connectivity index (χ2v) is 4.59. The molecule has 0 aromatic heterocycles. The molecular formula is C13H8Cl2N2O3. The van der Waals surface area contributed by atoms with Gasteiger partial charge in [-0.05, 0) is 23.8 Å².